The molecule has 2 aromatic heterocycles. The Labute approximate surface area is 181 Å². The second kappa shape index (κ2) is 8.85. The lowest BCUT2D eigenvalue weighted by atomic mass is 10.2. The summed E-state index contributed by atoms with van der Waals surface area (Å²) in [6.07, 6.45) is 1.66. The fourth-order valence-corrected chi connectivity index (χ4v) is 3.83. The van der Waals surface area contributed by atoms with E-state index in [0.29, 0.717) is 11.6 Å². The number of piperazine rings is 1. The summed E-state index contributed by atoms with van der Waals surface area (Å²) in [6.45, 7) is 7.51. The fraction of sp³-hybridized carbons (Fsp3) is 0.318. The van der Waals surface area contributed by atoms with Crippen LogP contribution in [0.4, 0.5) is 11.5 Å². The van der Waals surface area contributed by atoms with Crippen LogP contribution in [0.3, 0.4) is 0 Å². The molecule has 3 heterocycles. The van der Waals surface area contributed by atoms with E-state index in [1.54, 1.807) is 6.20 Å². The molecule has 4 rings (SSSR count). The highest BCUT2D eigenvalue weighted by Crippen LogP contribution is 2.23. The molecule has 7 nitrogen and oxygen atoms in total. The van der Waals surface area contributed by atoms with Crippen molar-refractivity contribution < 1.29 is 4.79 Å². The summed E-state index contributed by atoms with van der Waals surface area (Å²) in [5, 5.41) is 8.29. The Morgan fingerprint density at radius 2 is 1.80 bits per heavy atom. The molecule has 1 amide bonds. The lowest BCUT2D eigenvalue weighted by Crippen LogP contribution is -2.49. The molecule has 1 aliphatic heterocycles. The first-order valence-electron chi connectivity index (χ1n) is 10.0. The lowest BCUT2D eigenvalue weighted by molar-refractivity contribution is -0.117. The van der Waals surface area contributed by atoms with Gasteiger partial charge in [-0.05, 0) is 38.1 Å². The van der Waals surface area contributed by atoms with Crippen molar-refractivity contribution in [3.63, 3.8) is 0 Å². The van der Waals surface area contributed by atoms with Gasteiger partial charge in [-0.1, -0.05) is 29.8 Å². The van der Waals surface area contributed by atoms with Crippen molar-refractivity contribution in [1.82, 2.24) is 19.7 Å². The number of aryl methyl sites for hydroxylation is 1. The summed E-state index contributed by atoms with van der Waals surface area (Å²) in [5.74, 6) is 0.898. The van der Waals surface area contributed by atoms with Crippen LogP contribution in [-0.2, 0) is 4.79 Å². The van der Waals surface area contributed by atoms with E-state index in [0.717, 1.165) is 54.8 Å². The van der Waals surface area contributed by atoms with E-state index in [-0.39, 0.29) is 5.91 Å². The summed E-state index contributed by atoms with van der Waals surface area (Å²) in [4.78, 5) is 21.4. The van der Waals surface area contributed by atoms with Gasteiger partial charge >= 0.3 is 0 Å². The van der Waals surface area contributed by atoms with Crippen molar-refractivity contribution in [1.29, 1.82) is 0 Å². The molecule has 30 heavy (non-hydrogen) atoms. The van der Waals surface area contributed by atoms with Gasteiger partial charge in [0.1, 0.15) is 5.82 Å². The summed E-state index contributed by atoms with van der Waals surface area (Å²) in [6, 6.07) is 13.7. The maximum absolute atomic E-state index is 12.7. The molecule has 3 aromatic rings. The fourth-order valence-electron chi connectivity index (χ4n) is 3.72. The number of nitrogens with one attached hydrogen (secondary N) is 1. The molecule has 0 bridgehead atoms. The number of hydrogen-bond donors (Lipinski definition) is 1. The number of carbonyl (C=O) groups is 1. The van der Waals surface area contributed by atoms with Crippen LogP contribution in [0.5, 0.6) is 0 Å². The third-order valence-electron chi connectivity index (χ3n) is 5.33. The molecule has 0 atom stereocenters. The number of carbonyl (C=O) groups excluding carboxylic acids is 1. The molecule has 1 aliphatic rings. The van der Waals surface area contributed by atoms with Crippen LogP contribution >= 0.6 is 11.6 Å². The standard InChI is InChI=1S/C22H25ClN6O/c1-16-22(17(2)29(26-16)19-6-4-3-5-7-19)25-21(30)15-27-10-12-28(13-11-27)20-9-8-18(23)14-24-20/h3-9,14H,10-13,15H2,1-2H3,(H,25,30). The van der Waals surface area contributed by atoms with Gasteiger partial charge in [-0.25, -0.2) is 9.67 Å². The van der Waals surface area contributed by atoms with Crippen LogP contribution < -0.4 is 10.2 Å². The van der Waals surface area contributed by atoms with Gasteiger partial charge in [0.05, 0.1) is 34.3 Å². The number of para-hydroxylation sites is 1. The van der Waals surface area contributed by atoms with Crippen LogP contribution in [0.25, 0.3) is 5.69 Å². The number of aromatic nitrogens is 3. The SMILES string of the molecule is Cc1nn(-c2ccccc2)c(C)c1NC(=O)CN1CCN(c2ccc(Cl)cn2)CC1. The van der Waals surface area contributed by atoms with E-state index in [4.69, 9.17) is 11.6 Å². The first-order valence-corrected chi connectivity index (χ1v) is 10.4. The van der Waals surface area contributed by atoms with E-state index in [9.17, 15) is 4.79 Å². The number of rotatable bonds is 5. The zero-order valence-corrected chi connectivity index (χ0v) is 17.9. The van der Waals surface area contributed by atoms with E-state index in [2.05, 4.69) is 25.2 Å². The van der Waals surface area contributed by atoms with Crippen molar-refractivity contribution in [2.75, 3.05) is 42.9 Å². The Morgan fingerprint density at radius 1 is 1.07 bits per heavy atom. The van der Waals surface area contributed by atoms with Gasteiger partial charge in [0, 0.05) is 32.4 Å². The minimum atomic E-state index is -0.0214. The van der Waals surface area contributed by atoms with E-state index in [1.807, 2.05) is 61.0 Å². The zero-order chi connectivity index (χ0) is 21.1. The molecule has 156 valence electrons. The van der Waals surface area contributed by atoms with Crippen LogP contribution in [0, 0.1) is 13.8 Å². The zero-order valence-electron chi connectivity index (χ0n) is 17.2. The molecule has 1 fully saturated rings. The quantitative estimate of drug-likeness (QED) is 0.680. The van der Waals surface area contributed by atoms with Crippen molar-refractivity contribution >= 4 is 29.0 Å². The number of halogens is 1. The van der Waals surface area contributed by atoms with Crippen molar-refractivity contribution in [2.45, 2.75) is 13.8 Å². The minimum absolute atomic E-state index is 0.0214. The Kier molecular flexibility index (Phi) is 6.01. The minimum Gasteiger partial charge on any atom is -0.354 e. The third-order valence-corrected chi connectivity index (χ3v) is 5.56. The van der Waals surface area contributed by atoms with Gasteiger partial charge in [-0.2, -0.15) is 5.10 Å². The third kappa shape index (κ3) is 4.47. The van der Waals surface area contributed by atoms with E-state index < -0.39 is 0 Å². The summed E-state index contributed by atoms with van der Waals surface area (Å²) < 4.78 is 1.86. The summed E-state index contributed by atoms with van der Waals surface area (Å²) in [5.41, 5.74) is 3.49. The lowest BCUT2D eigenvalue weighted by Gasteiger charge is -2.35. The van der Waals surface area contributed by atoms with Crippen LogP contribution in [0.1, 0.15) is 11.4 Å². The molecular formula is C22H25ClN6O. The van der Waals surface area contributed by atoms with E-state index in [1.165, 1.54) is 0 Å². The second-order valence-corrected chi connectivity index (χ2v) is 7.88. The van der Waals surface area contributed by atoms with Gasteiger partial charge in [0.25, 0.3) is 0 Å². The molecule has 0 radical (unpaired) electrons. The smallest absolute Gasteiger partial charge is 0.238 e. The Balaban J connectivity index is 1.35. The molecule has 0 unspecified atom stereocenters. The second-order valence-electron chi connectivity index (χ2n) is 7.44. The molecule has 1 aromatic carbocycles. The number of anilines is 2. The van der Waals surface area contributed by atoms with Gasteiger partial charge in [0.15, 0.2) is 0 Å². The van der Waals surface area contributed by atoms with Crippen LogP contribution in [-0.4, -0.2) is 58.3 Å². The number of hydrogen-bond acceptors (Lipinski definition) is 5. The molecule has 0 saturated carbocycles. The monoisotopic (exact) mass is 424 g/mol. The average molecular weight is 425 g/mol. The molecule has 1 N–H and O–H groups in total. The number of nitrogens with zero attached hydrogens (tertiary/aromatic N) is 5. The van der Waals surface area contributed by atoms with E-state index >= 15 is 0 Å². The number of amides is 1. The maximum atomic E-state index is 12.7. The predicted octanol–water partition coefficient (Wildman–Crippen LogP) is 3.30. The van der Waals surface area contributed by atoms with Crippen LogP contribution in [0.15, 0.2) is 48.7 Å². The van der Waals surface area contributed by atoms with Crippen LogP contribution in [0.2, 0.25) is 5.02 Å². The predicted molar refractivity (Wildman–Crippen MR) is 120 cm³/mol. The Hall–Kier alpha value is -2.90. The first kappa shape index (κ1) is 20.4. The van der Waals surface area contributed by atoms with Gasteiger partial charge < -0.3 is 10.2 Å². The largest absolute Gasteiger partial charge is 0.354 e. The van der Waals surface area contributed by atoms with Crippen molar-refractivity contribution in [3.05, 3.63) is 65.1 Å². The maximum Gasteiger partial charge on any atom is 0.238 e. The Morgan fingerprint density at radius 3 is 2.47 bits per heavy atom. The Bertz CT molecular complexity index is 1010. The highest BCUT2D eigenvalue weighted by Gasteiger charge is 2.21. The first-order chi connectivity index (χ1) is 14.5. The molecule has 1 saturated heterocycles. The number of benzene rings is 1. The van der Waals surface area contributed by atoms with Crippen molar-refractivity contribution in [3.8, 4) is 5.69 Å². The highest BCUT2D eigenvalue weighted by molar-refractivity contribution is 6.30. The molecule has 0 spiro atoms. The summed E-state index contributed by atoms with van der Waals surface area (Å²) in [7, 11) is 0. The average Bonchev–Trinajstić information content (AvgIpc) is 3.04. The highest BCUT2D eigenvalue weighted by atomic mass is 35.5. The normalized spacial score (nSPS) is 14.7. The molecule has 8 heteroatoms. The summed E-state index contributed by atoms with van der Waals surface area (Å²) >= 11 is 5.92. The van der Waals surface area contributed by atoms with Crippen molar-refractivity contribution in [2.24, 2.45) is 0 Å². The van der Waals surface area contributed by atoms with Gasteiger partial charge in [0.2, 0.25) is 5.91 Å². The topological polar surface area (TPSA) is 66.3 Å². The molecule has 0 aliphatic carbocycles. The van der Waals surface area contributed by atoms with Gasteiger partial charge in [-0.15, -0.1) is 0 Å². The molecular weight excluding hydrogens is 400 g/mol. The number of pyridine rings is 1. The van der Waals surface area contributed by atoms with Gasteiger partial charge in [-0.3, -0.25) is 9.69 Å².